The van der Waals surface area contributed by atoms with Gasteiger partial charge in [-0.15, -0.1) is 0 Å². The highest BCUT2D eigenvalue weighted by atomic mass is 32.1. The Kier molecular flexibility index (Phi) is 3.74. The molecule has 1 aromatic heterocycles. The van der Waals surface area contributed by atoms with Crippen LogP contribution in [0, 0.1) is 0 Å². The first-order valence-corrected chi connectivity index (χ1v) is 4.63. The summed E-state index contributed by atoms with van der Waals surface area (Å²) in [6.07, 6.45) is 4.65. The van der Waals surface area contributed by atoms with E-state index in [1.165, 1.54) is 24.1 Å². The minimum atomic E-state index is -0.465. The normalized spacial score (nSPS) is 10.6. The third kappa shape index (κ3) is 2.99. The average molecular weight is 225 g/mol. The Morgan fingerprint density at radius 3 is 2.73 bits per heavy atom. The molecule has 0 N–H and O–H groups in total. The van der Waals surface area contributed by atoms with E-state index in [9.17, 15) is 9.59 Å². The molecule has 80 valence electrons. The maximum absolute atomic E-state index is 11.2. The van der Waals surface area contributed by atoms with Gasteiger partial charge in [-0.3, -0.25) is 8.77 Å². The number of methoxy groups -OCH3 is 1. The van der Waals surface area contributed by atoms with Crippen molar-refractivity contribution in [2.45, 2.75) is 6.92 Å². The van der Waals surface area contributed by atoms with Crippen LogP contribution >= 0.6 is 12.8 Å². The fourth-order valence-corrected chi connectivity index (χ4v) is 1.31. The fourth-order valence-electron chi connectivity index (χ4n) is 1.03. The van der Waals surface area contributed by atoms with Crippen molar-refractivity contribution in [2.24, 2.45) is 0 Å². The molecule has 0 radical (unpaired) electrons. The Morgan fingerprint density at radius 1 is 1.53 bits per heavy atom. The van der Waals surface area contributed by atoms with Gasteiger partial charge in [-0.1, -0.05) is 12.8 Å². The molecule has 0 aliphatic carbocycles. The number of aromatic nitrogens is 1. The molecule has 0 saturated heterocycles. The summed E-state index contributed by atoms with van der Waals surface area (Å²) in [5, 5.41) is 0. The van der Waals surface area contributed by atoms with E-state index in [2.05, 4.69) is 17.6 Å². The van der Waals surface area contributed by atoms with Crippen LogP contribution in [0.25, 0.3) is 6.08 Å². The molecule has 0 atom stereocenters. The maximum atomic E-state index is 11.2. The van der Waals surface area contributed by atoms with Gasteiger partial charge in [-0.05, 0) is 30.7 Å². The lowest BCUT2D eigenvalue weighted by molar-refractivity contribution is -0.112. The number of thiol groups is 1. The largest absolute Gasteiger partial charge is 0.464 e. The summed E-state index contributed by atoms with van der Waals surface area (Å²) in [6, 6.07) is 1.60. The van der Waals surface area contributed by atoms with Crippen molar-refractivity contribution < 1.29 is 14.3 Å². The molecule has 0 aliphatic heterocycles. The van der Waals surface area contributed by atoms with Crippen LogP contribution in [0.2, 0.25) is 0 Å². The number of carbonyl (C=O) groups excluding carboxylic acids is 2. The molecule has 0 unspecified atom stereocenters. The van der Waals surface area contributed by atoms with E-state index in [1.807, 2.05) is 0 Å². The van der Waals surface area contributed by atoms with Crippen molar-refractivity contribution in [3.05, 3.63) is 29.6 Å². The zero-order valence-electron chi connectivity index (χ0n) is 8.43. The predicted octanol–water partition coefficient (Wildman–Crippen LogP) is 1.57. The second kappa shape index (κ2) is 4.84. The first-order valence-electron chi connectivity index (χ1n) is 4.23. The Balaban J connectivity index is 2.95. The SMILES string of the molecule is COC(=O)c1cc(C=CC(C)=O)cn1S. The van der Waals surface area contributed by atoms with Crippen LogP contribution in [-0.4, -0.2) is 22.8 Å². The molecule has 0 amide bonds. The lowest BCUT2D eigenvalue weighted by Gasteiger charge is -1.97. The lowest BCUT2D eigenvalue weighted by Crippen LogP contribution is -2.03. The summed E-state index contributed by atoms with van der Waals surface area (Å²) in [6.45, 7) is 1.45. The molecule has 15 heavy (non-hydrogen) atoms. The van der Waals surface area contributed by atoms with Crippen LogP contribution in [-0.2, 0) is 9.53 Å². The Bertz CT molecular complexity index is 420. The maximum Gasteiger partial charge on any atom is 0.355 e. The van der Waals surface area contributed by atoms with E-state index in [1.54, 1.807) is 18.3 Å². The van der Waals surface area contributed by atoms with Gasteiger partial charge in [0.25, 0.3) is 0 Å². The van der Waals surface area contributed by atoms with Crippen molar-refractivity contribution in [3.63, 3.8) is 0 Å². The molecule has 1 rings (SSSR count). The van der Waals surface area contributed by atoms with E-state index in [-0.39, 0.29) is 5.78 Å². The number of carbonyl (C=O) groups is 2. The van der Waals surface area contributed by atoms with Crippen LogP contribution in [0.15, 0.2) is 18.3 Å². The van der Waals surface area contributed by atoms with Crippen LogP contribution in [0.5, 0.6) is 0 Å². The monoisotopic (exact) mass is 225 g/mol. The Labute approximate surface area is 93.1 Å². The molecule has 4 nitrogen and oxygen atoms in total. The smallest absolute Gasteiger partial charge is 0.355 e. The van der Waals surface area contributed by atoms with E-state index >= 15 is 0 Å². The lowest BCUT2D eigenvalue weighted by atomic mass is 10.2. The number of ether oxygens (including phenoxy) is 1. The number of esters is 1. The summed E-state index contributed by atoms with van der Waals surface area (Å²) in [5.41, 5.74) is 1.05. The predicted molar refractivity (Wildman–Crippen MR) is 59.9 cm³/mol. The standard InChI is InChI=1S/C10H11NO3S/c1-7(12)3-4-8-5-9(10(13)14-2)11(15)6-8/h3-6,15H,1-2H3. The summed E-state index contributed by atoms with van der Waals surface area (Å²) in [7, 11) is 1.30. The number of ketones is 1. The zero-order valence-corrected chi connectivity index (χ0v) is 9.32. The van der Waals surface area contributed by atoms with Crippen molar-refractivity contribution in [3.8, 4) is 0 Å². The second-order valence-corrected chi connectivity index (χ2v) is 3.37. The molecule has 0 aromatic carbocycles. The van der Waals surface area contributed by atoms with Crippen LogP contribution in [0.1, 0.15) is 23.0 Å². The minimum Gasteiger partial charge on any atom is -0.464 e. The van der Waals surface area contributed by atoms with Crippen molar-refractivity contribution in [2.75, 3.05) is 7.11 Å². The van der Waals surface area contributed by atoms with E-state index < -0.39 is 5.97 Å². The van der Waals surface area contributed by atoms with Crippen molar-refractivity contribution in [1.29, 1.82) is 0 Å². The van der Waals surface area contributed by atoms with Gasteiger partial charge >= 0.3 is 5.97 Å². The summed E-state index contributed by atoms with van der Waals surface area (Å²) in [5.74, 6) is -0.519. The molecule has 0 fully saturated rings. The summed E-state index contributed by atoms with van der Waals surface area (Å²) < 4.78 is 5.91. The van der Waals surface area contributed by atoms with E-state index in [0.717, 1.165) is 5.56 Å². The number of allylic oxidation sites excluding steroid dienone is 1. The van der Waals surface area contributed by atoms with Gasteiger partial charge in [0.1, 0.15) is 5.69 Å². The first-order chi connectivity index (χ1) is 7.04. The number of rotatable bonds is 3. The van der Waals surface area contributed by atoms with Crippen molar-refractivity contribution >= 4 is 30.6 Å². The number of nitrogens with zero attached hydrogens (tertiary/aromatic N) is 1. The highest BCUT2D eigenvalue weighted by Crippen LogP contribution is 2.12. The molecule has 0 saturated carbocycles. The van der Waals surface area contributed by atoms with Crippen molar-refractivity contribution in [1.82, 2.24) is 3.97 Å². The van der Waals surface area contributed by atoms with Gasteiger partial charge in [0.05, 0.1) is 7.11 Å². The molecule has 0 aliphatic rings. The molecular formula is C10H11NO3S. The number of hydrogen-bond donors (Lipinski definition) is 1. The van der Waals surface area contributed by atoms with Crippen LogP contribution in [0.3, 0.4) is 0 Å². The summed E-state index contributed by atoms with van der Waals surface area (Å²) in [4.78, 5) is 21.9. The Hall–Kier alpha value is -1.49. The third-order valence-corrected chi connectivity index (χ3v) is 2.06. The molecule has 1 aromatic rings. The summed E-state index contributed by atoms with van der Waals surface area (Å²) >= 11 is 4.05. The zero-order chi connectivity index (χ0) is 11.4. The molecular weight excluding hydrogens is 214 g/mol. The van der Waals surface area contributed by atoms with E-state index in [4.69, 9.17) is 0 Å². The quantitative estimate of drug-likeness (QED) is 0.482. The molecule has 5 heteroatoms. The van der Waals surface area contributed by atoms with Gasteiger partial charge in [0.2, 0.25) is 0 Å². The topological polar surface area (TPSA) is 48.3 Å². The molecule has 0 bridgehead atoms. The van der Waals surface area contributed by atoms with Crippen LogP contribution in [0.4, 0.5) is 0 Å². The fraction of sp³-hybridized carbons (Fsp3) is 0.200. The molecule has 0 spiro atoms. The highest BCUT2D eigenvalue weighted by molar-refractivity contribution is 7.78. The Morgan fingerprint density at radius 2 is 2.20 bits per heavy atom. The average Bonchev–Trinajstić information content (AvgIpc) is 2.55. The number of hydrogen-bond acceptors (Lipinski definition) is 4. The van der Waals surface area contributed by atoms with E-state index in [0.29, 0.717) is 5.69 Å². The van der Waals surface area contributed by atoms with Gasteiger partial charge in [-0.25, -0.2) is 4.79 Å². The second-order valence-electron chi connectivity index (χ2n) is 2.94. The van der Waals surface area contributed by atoms with Crippen LogP contribution < -0.4 is 0 Å². The highest BCUT2D eigenvalue weighted by Gasteiger charge is 2.11. The minimum absolute atomic E-state index is 0.0541. The third-order valence-electron chi connectivity index (χ3n) is 1.73. The van der Waals surface area contributed by atoms with Gasteiger partial charge in [0.15, 0.2) is 5.78 Å². The first kappa shape index (κ1) is 11.6. The van der Waals surface area contributed by atoms with Gasteiger partial charge < -0.3 is 4.74 Å². The van der Waals surface area contributed by atoms with Gasteiger partial charge in [0, 0.05) is 6.20 Å². The van der Waals surface area contributed by atoms with Gasteiger partial charge in [-0.2, -0.15) is 0 Å². The molecule has 1 heterocycles.